The molecule has 96 valence electrons. The van der Waals surface area contributed by atoms with Crippen LogP contribution in [-0.4, -0.2) is 37.3 Å². The van der Waals surface area contributed by atoms with Gasteiger partial charge in [0.2, 0.25) is 0 Å². The van der Waals surface area contributed by atoms with Gasteiger partial charge in [-0.15, -0.1) is 0 Å². The summed E-state index contributed by atoms with van der Waals surface area (Å²) >= 11 is 0. The second-order valence-corrected chi connectivity index (χ2v) is 3.75. The summed E-state index contributed by atoms with van der Waals surface area (Å²) in [5.74, 6) is 0.746. The summed E-state index contributed by atoms with van der Waals surface area (Å²) in [4.78, 5) is 8.62. The fraction of sp³-hybridized carbons (Fsp3) is 0.667. The molecule has 0 radical (unpaired) electrons. The van der Waals surface area contributed by atoms with Gasteiger partial charge in [0.15, 0.2) is 5.82 Å². The van der Waals surface area contributed by atoms with Crippen molar-refractivity contribution in [1.29, 1.82) is 0 Å². The third kappa shape index (κ3) is 4.77. The Balaban J connectivity index is 2.44. The summed E-state index contributed by atoms with van der Waals surface area (Å²) in [5.41, 5.74) is 1.07. The van der Waals surface area contributed by atoms with Crippen molar-refractivity contribution in [2.45, 2.75) is 26.0 Å². The van der Waals surface area contributed by atoms with Crippen molar-refractivity contribution in [3.05, 3.63) is 23.8 Å². The van der Waals surface area contributed by atoms with Crippen LogP contribution < -0.4 is 5.32 Å². The number of aromatic nitrogens is 2. The van der Waals surface area contributed by atoms with Crippen LogP contribution in [0.5, 0.6) is 0 Å². The fourth-order valence-corrected chi connectivity index (χ4v) is 1.48. The minimum atomic E-state index is -0.00880. The molecule has 0 aromatic carbocycles. The van der Waals surface area contributed by atoms with Gasteiger partial charge >= 0.3 is 0 Å². The highest BCUT2D eigenvalue weighted by Crippen LogP contribution is 2.14. The lowest BCUT2D eigenvalue weighted by atomic mass is 10.2. The van der Waals surface area contributed by atoms with Crippen LogP contribution in [0.3, 0.4) is 0 Å². The van der Waals surface area contributed by atoms with E-state index in [1.165, 1.54) is 0 Å². The van der Waals surface area contributed by atoms with Gasteiger partial charge in [0.25, 0.3) is 0 Å². The van der Waals surface area contributed by atoms with Gasteiger partial charge in [0.1, 0.15) is 6.10 Å². The molecule has 0 aliphatic rings. The van der Waals surface area contributed by atoms with E-state index < -0.39 is 0 Å². The lowest BCUT2D eigenvalue weighted by molar-refractivity contribution is 0.0925. The molecule has 1 heterocycles. The summed E-state index contributed by atoms with van der Waals surface area (Å²) in [6.07, 6.45) is 4.54. The van der Waals surface area contributed by atoms with Gasteiger partial charge in [-0.25, -0.2) is 9.97 Å². The Morgan fingerprint density at radius 2 is 2.00 bits per heavy atom. The highest BCUT2D eigenvalue weighted by atomic mass is 16.5. The van der Waals surface area contributed by atoms with E-state index in [1.54, 1.807) is 14.2 Å². The van der Waals surface area contributed by atoms with Crippen LogP contribution in [0.25, 0.3) is 0 Å². The normalized spacial score (nSPS) is 12.6. The fourth-order valence-electron chi connectivity index (χ4n) is 1.48. The molecule has 0 aliphatic carbocycles. The quantitative estimate of drug-likeness (QED) is 0.693. The van der Waals surface area contributed by atoms with Crippen LogP contribution in [0.1, 0.15) is 30.8 Å². The van der Waals surface area contributed by atoms with Crippen LogP contribution in [0, 0.1) is 0 Å². The van der Waals surface area contributed by atoms with Crippen molar-refractivity contribution >= 4 is 0 Å². The minimum Gasteiger partial charge on any atom is -0.383 e. The monoisotopic (exact) mass is 239 g/mol. The Kier molecular flexibility index (Phi) is 6.69. The SMILES string of the molecule is CCC(OC)c1ncc(CNCCOC)cn1. The summed E-state index contributed by atoms with van der Waals surface area (Å²) < 4.78 is 10.2. The molecule has 5 nitrogen and oxygen atoms in total. The van der Waals surface area contributed by atoms with Crippen LogP contribution in [0.2, 0.25) is 0 Å². The van der Waals surface area contributed by atoms with Crippen molar-refractivity contribution in [3.8, 4) is 0 Å². The van der Waals surface area contributed by atoms with E-state index in [4.69, 9.17) is 9.47 Å². The Bertz CT molecular complexity index is 299. The molecule has 0 bridgehead atoms. The minimum absolute atomic E-state index is 0.00880. The largest absolute Gasteiger partial charge is 0.383 e. The number of methoxy groups -OCH3 is 2. The number of rotatable bonds is 8. The average Bonchev–Trinajstić information content (AvgIpc) is 2.38. The maximum Gasteiger partial charge on any atom is 0.157 e. The molecule has 17 heavy (non-hydrogen) atoms. The van der Waals surface area contributed by atoms with Crippen molar-refractivity contribution in [2.24, 2.45) is 0 Å². The molecule has 0 fully saturated rings. The standard InChI is InChI=1S/C12H21N3O2/c1-4-11(17-3)12-14-8-10(9-15-12)7-13-5-6-16-2/h8-9,11,13H,4-7H2,1-3H3. The summed E-state index contributed by atoms with van der Waals surface area (Å²) in [5, 5.41) is 3.24. The molecule has 1 rings (SSSR count). The second-order valence-electron chi connectivity index (χ2n) is 3.75. The second kappa shape index (κ2) is 8.11. The number of nitrogens with one attached hydrogen (secondary N) is 1. The van der Waals surface area contributed by atoms with E-state index in [-0.39, 0.29) is 6.10 Å². The molecule has 1 atom stereocenters. The number of ether oxygens (including phenoxy) is 2. The molecule has 0 spiro atoms. The Morgan fingerprint density at radius 3 is 2.53 bits per heavy atom. The molecule has 1 aromatic heterocycles. The summed E-state index contributed by atoms with van der Waals surface area (Å²) in [6, 6.07) is 0. The van der Waals surface area contributed by atoms with Gasteiger partial charge in [0, 0.05) is 45.3 Å². The van der Waals surface area contributed by atoms with E-state index >= 15 is 0 Å². The van der Waals surface area contributed by atoms with Crippen LogP contribution in [0.4, 0.5) is 0 Å². The van der Waals surface area contributed by atoms with Crippen LogP contribution in [0.15, 0.2) is 12.4 Å². The first-order valence-corrected chi connectivity index (χ1v) is 5.85. The third-order valence-electron chi connectivity index (χ3n) is 2.48. The molecule has 1 unspecified atom stereocenters. The van der Waals surface area contributed by atoms with E-state index in [1.807, 2.05) is 12.4 Å². The molecule has 5 heteroatoms. The molecule has 0 aliphatic heterocycles. The lowest BCUT2D eigenvalue weighted by Crippen LogP contribution is -2.19. The molecule has 0 amide bonds. The smallest absolute Gasteiger partial charge is 0.157 e. The highest BCUT2D eigenvalue weighted by molar-refractivity contribution is 5.06. The van der Waals surface area contributed by atoms with E-state index in [0.717, 1.165) is 30.9 Å². The Labute approximate surface area is 103 Å². The van der Waals surface area contributed by atoms with Gasteiger partial charge in [0.05, 0.1) is 6.61 Å². The van der Waals surface area contributed by atoms with Gasteiger partial charge < -0.3 is 14.8 Å². The summed E-state index contributed by atoms with van der Waals surface area (Å²) in [7, 11) is 3.37. The van der Waals surface area contributed by atoms with Gasteiger partial charge in [-0.1, -0.05) is 6.92 Å². The maximum absolute atomic E-state index is 5.28. The zero-order valence-corrected chi connectivity index (χ0v) is 10.8. The maximum atomic E-state index is 5.28. The third-order valence-corrected chi connectivity index (χ3v) is 2.48. The molecular weight excluding hydrogens is 218 g/mol. The van der Waals surface area contributed by atoms with Crippen molar-refractivity contribution in [2.75, 3.05) is 27.4 Å². The topological polar surface area (TPSA) is 56.3 Å². The molecular formula is C12H21N3O2. The predicted molar refractivity (Wildman–Crippen MR) is 65.7 cm³/mol. The van der Waals surface area contributed by atoms with E-state index in [9.17, 15) is 0 Å². The van der Waals surface area contributed by atoms with Crippen molar-refractivity contribution < 1.29 is 9.47 Å². The van der Waals surface area contributed by atoms with Crippen LogP contribution in [-0.2, 0) is 16.0 Å². The molecule has 1 aromatic rings. The number of hydrogen-bond acceptors (Lipinski definition) is 5. The number of nitrogens with zero attached hydrogens (tertiary/aromatic N) is 2. The first-order valence-electron chi connectivity index (χ1n) is 5.85. The highest BCUT2D eigenvalue weighted by Gasteiger charge is 2.10. The Morgan fingerprint density at radius 1 is 1.29 bits per heavy atom. The van der Waals surface area contributed by atoms with Gasteiger partial charge in [-0.3, -0.25) is 0 Å². The summed E-state index contributed by atoms with van der Waals surface area (Å²) in [6.45, 7) is 4.35. The lowest BCUT2D eigenvalue weighted by Gasteiger charge is -2.11. The Hall–Kier alpha value is -1.04. The van der Waals surface area contributed by atoms with Gasteiger partial charge in [-0.2, -0.15) is 0 Å². The zero-order valence-electron chi connectivity index (χ0n) is 10.8. The predicted octanol–water partition coefficient (Wildman–Crippen LogP) is 1.31. The first-order chi connectivity index (χ1) is 8.31. The molecule has 0 saturated heterocycles. The number of hydrogen-bond donors (Lipinski definition) is 1. The van der Waals surface area contributed by atoms with Crippen molar-refractivity contribution in [3.63, 3.8) is 0 Å². The first kappa shape index (κ1) is 14.0. The van der Waals surface area contributed by atoms with Crippen molar-refractivity contribution in [1.82, 2.24) is 15.3 Å². The van der Waals surface area contributed by atoms with Gasteiger partial charge in [-0.05, 0) is 6.42 Å². The van der Waals surface area contributed by atoms with Crippen LogP contribution >= 0.6 is 0 Å². The zero-order chi connectivity index (χ0) is 12.5. The average molecular weight is 239 g/mol. The molecule has 1 N–H and O–H groups in total. The van der Waals surface area contributed by atoms with E-state index in [2.05, 4.69) is 22.2 Å². The molecule has 0 saturated carbocycles. The van der Waals surface area contributed by atoms with E-state index in [0.29, 0.717) is 6.61 Å².